The molecule has 0 saturated carbocycles. The summed E-state index contributed by atoms with van der Waals surface area (Å²) in [7, 11) is 0. The molecule has 0 radical (unpaired) electrons. The summed E-state index contributed by atoms with van der Waals surface area (Å²) in [6, 6.07) is 33.8. The molecular formula is C39H44N4O3. The van der Waals surface area contributed by atoms with Crippen molar-refractivity contribution in [2.75, 3.05) is 32.7 Å². The number of likely N-dealkylation sites (tertiary alicyclic amines) is 1. The van der Waals surface area contributed by atoms with Gasteiger partial charge in [-0.2, -0.15) is 0 Å². The number of carbonyl (C=O) groups is 3. The lowest BCUT2D eigenvalue weighted by molar-refractivity contribution is -0.134. The number of fused-ring (bicyclic) bond motifs is 1. The summed E-state index contributed by atoms with van der Waals surface area (Å²) in [6.07, 6.45) is 4.70. The van der Waals surface area contributed by atoms with Crippen molar-refractivity contribution >= 4 is 28.5 Å². The normalized spacial score (nSPS) is 18.8. The second kappa shape index (κ2) is 15.2. The third-order valence-electron chi connectivity index (χ3n) is 9.48. The highest BCUT2D eigenvalue weighted by molar-refractivity contribution is 5.98. The Bertz CT molecular complexity index is 1580. The Morgan fingerprint density at radius 1 is 0.783 bits per heavy atom. The van der Waals surface area contributed by atoms with Gasteiger partial charge in [-0.3, -0.25) is 14.4 Å². The molecule has 4 aromatic carbocycles. The van der Waals surface area contributed by atoms with E-state index in [4.69, 9.17) is 0 Å². The summed E-state index contributed by atoms with van der Waals surface area (Å²) in [6.45, 7) is 3.10. The maximum absolute atomic E-state index is 14.2. The lowest BCUT2D eigenvalue weighted by atomic mass is 9.90. The van der Waals surface area contributed by atoms with Crippen LogP contribution in [0.2, 0.25) is 0 Å². The van der Waals surface area contributed by atoms with Crippen molar-refractivity contribution in [3.05, 3.63) is 120 Å². The molecule has 0 bridgehead atoms. The van der Waals surface area contributed by atoms with Gasteiger partial charge in [0.25, 0.3) is 5.91 Å². The van der Waals surface area contributed by atoms with Gasteiger partial charge in [-0.25, -0.2) is 0 Å². The van der Waals surface area contributed by atoms with Gasteiger partial charge in [-0.1, -0.05) is 91.0 Å². The number of hydrogen-bond acceptors (Lipinski definition) is 4. The Morgan fingerprint density at radius 3 is 2.13 bits per heavy atom. The van der Waals surface area contributed by atoms with Gasteiger partial charge in [0.2, 0.25) is 11.8 Å². The number of nitrogens with zero attached hydrogens (tertiary/aromatic N) is 2. The topological polar surface area (TPSA) is 81.8 Å². The molecule has 2 aliphatic rings. The fourth-order valence-electron chi connectivity index (χ4n) is 6.84. The average Bonchev–Trinajstić information content (AvgIpc) is 3.26. The van der Waals surface area contributed by atoms with Crippen molar-refractivity contribution in [1.29, 1.82) is 0 Å². The third-order valence-corrected chi connectivity index (χ3v) is 9.48. The number of carbonyl (C=O) groups excluding carboxylic acids is 3. The van der Waals surface area contributed by atoms with Crippen LogP contribution in [0.5, 0.6) is 0 Å². The van der Waals surface area contributed by atoms with E-state index in [1.165, 1.54) is 0 Å². The van der Waals surface area contributed by atoms with Crippen LogP contribution in [0, 0.1) is 0 Å². The molecule has 0 spiro atoms. The van der Waals surface area contributed by atoms with Crippen molar-refractivity contribution < 1.29 is 14.4 Å². The first-order chi connectivity index (χ1) is 22.5. The second-order valence-corrected chi connectivity index (χ2v) is 12.6. The quantitative estimate of drug-likeness (QED) is 0.238. The van der Waals surface area contributed by atoms with Crippen LogP contribution in [0.1, 0.15) is 65.9 Å². The lowest BCUT2D eigenvalue weighted by Gasteiger charge is -2.30. The number of piperidine rings is 1. The molecule has 2 atom stereocenters. The van der Waals surface area contributed by atoms with Gasteiger partial charge in [-0.15, -0.1) is 0 Å². The predicted molar refractivity (Wildman–Crippen MR) is 183 cm³/mol. The Balaban J connectivity index is 1.18. The fraction of sp³-hybridized carbons (Fsp3) is 0.359. The van der Waals surface area contributed by atoms with Crippen molar-refractivity contribution in [2.45, 2.75) is 56.5 Å². The van der Waals surface area contributed by atoms with Gasteiger partial charge < -0.3 is 20.4 Å². The van der Waals surface area contributed by atoms with E-state index in [0.717, 1.165) is 54.3 Å². The van der Waals surface area contributed by atoms with Crippen molar-refractivity contribution in [3.63, 3.8) is 0 Å². The molecule has 7 nitrogen and oxygen atoms in total. The van der Waals surface area contributed by atoms with Gasteiger partial charge in [0, 0.05) is 56.7 Å². The molecule has 4 aromatic rings. The van der Waals surface area contributed by atoms with Crippen LogP contribution < -0.4 is 10.6 Å². The van der Waals surface area contributed by atoms with Crippen molar-refractivity contribution in [1.82, 2.24) is 20.4 Å². The van der Waals surface area contributed by atoms with E-state index in [1.54, 1.807) is 0 Å². The van der Waals surface area contributed by atoms with E-state index >= 15 is 0 Å². The van der Waals surface area contributed by atoms with Gasteiger partial charge in [0.15, 0.2) is 0 Å². The molecule has 0 aromatic heterocycles. The first-order valence-corrected chi connectivity index (χ1v) is 16.7. The van der Waals surface area contributed by atoms with Gasteiger partial charge in [-0.05, 0) is 66.1 Å². The zero-order chi connectivity index (χ0) is 31.7. The minimum atomic E-state index is -0.508. The van der Waals surface area contributed by atoms with Gasteiger partial charge >= 0.3 is 0 Å². The molecule has 0 unspecified atom stereocenters. The number of hydrogen-bond donors (Lipinski definition) is 2. The Labute approximate surface area is 272 Å². The number of rotatable bonds is 10. The molecular weight excluding hydrogens is 572 g/mol. The monoisotopic (exact) mass is 616 g/mol. The van der Waals surface area contributed by atoms with Crippen LogP contribution in [-0.2, 0) is 9.59 Å². The van der Waals surface area contributed by atoms with E-state index in [9.17, 15) is 14.4 Å². The minimum Gasteiger partial charge on any atom is -0.350 e. The summed E-state index contributed by atoms with van der Waals surface area (Å²) in [4.78, 5) is 44.5. The van der Waals surface area contributed by atoms with Gasteiger partial charge in [0.05, 0.1) is 6.04 Å². The second-order valence-electron chi connectivity index (χ2n) is 12.6. The molecule has 2 N–H and O–H groups in total. The molecule has 2 heterocycles. The van der Waals surface area contributed by atoms with Crippen LogP contribution in [0.3, 0.4) is 0 Å². The zero-order valence-corrected chi connectivity index (χ0v) is 26.4. The van der Waals surface area contributed by atoms with Crippen LogP contribution >= 0.6 is 0 Å². The zero-order valence-electron chi connectivity index (χ0n) is 26.4. The standard InChI is InChI=1S/C39H44N4O3/c44-37(42-23-10-3-11-24-42)21-20-36-39(46)43(28-35(30-13-4-1-5-14-30)31-15-6-2-7-16-31)25-22-34(41-36)27-40-38(45)33-19-18-29-12-8-9-17-32(29)26-33/h1-2,4-9,12-19,26,34-36,41H,3,10-11,20-25,27-28H2,(H,40,45)/t34-,36-/m0/s1. The lowest BCUT2D eigenvalue weighted by Crippen LogP contribution is -2.49. The van der Waals surface area contributed by atoms with Crippen LogP contribution in [-0.4, -0.2) is 72.3 Å². The average molecular weight is 617 g/mol. The highest BCUT2D eigenvalue weighted by atomic mass is 16.2. The smallest absolute Gasteiger partial charge is 0.251 e. The van der Waals surface area contributed by atoms with E-state index in [0.29, 0.717) is 44.5 Å². The van der Waals surface area contributed by atoms with E-state index < -0.39 is 6.04 Å². The third kappa shape index (κ3) is 7.83. The highest BCUT2D eigenvalue weighted by Crippen LogP contribution is 2.27. The van der Waals surface area contributed by atoms with E-state index in [-0.39, 0.29) is 29.7 Å². The molecule has 3 amide bonds. The molecule has 6 rings (SSSR count). The Hall–Kier alpha value is -4.49. The number of amides is 3. The molecule has 46 heavy (non-hydrogen) atoms. The molecule has 2 saturated heterocycles. The van der Waals surface area contributed by atoms with E-state index in [2.05, 4.69) is 34.9 Å². The van der Waals surface area contributed by atoms with Crippen LogP contribution in [0.25, 0.3) is 10.8 Å². The Morgan fingerprint density at radius 2 is 1.43 bits per heavy atom. The van der Waals surface area contributed by atoms with E-state index in [1.807, 2.05) is 88.7 Å². The summed E-state index contributed by atoms with van der Waals surface area (Å²) < 4.78 is 0. The maximum atomic E-state index is 14.2. The van der Waals surface area contributed by atoms with Crippen molar-refractivity contribution in [2.24, 2.45) is 0 Å². The highest BCUT2D eigenvalue weighted by Gasteiger charge is 2.33. The van der Waals surface area contributed by atoms with Crippen LogP contribution in [0.4, 0.5) is 0 Å². The van der Waals surface area contributed by atoms with Crippen molar-refractivity contribution in [3.8, 4) is 0 Å². The predicted octanol–water partition coefficient (Wildman–Crippen LogP) is 5.75. The Kier molecular flexibility index (Phi) is 10.4. The summed E-state index contributed by atoms with van der Waals surface area (Å²) in [5.41, 5.74) is 2.94. The first kappa shape index (κ1) is 31.5. The summed E-state index contributed by atoms with van der Waals surface area (Å²) in [5, 5.41) is 8.79. The van der Waals surface area contributed by atoms with Crippen LogP contribution in [0.15, 0.2) is 103 Å². The number of benzene rings is 4. The number of nitrogens with one attached hydrogen (secondary N) is 2. The summed E-state index contributed by atoms with van der Waals surface area (Å²) in [5.74, 6) is 0.0283. The first-order valence-electron chi connectivity index (χ1n) is 16.7. The SMILES string of the molecule is O=C(NC[C@@H]1CCN(CC(c2ccccc2)c2ccccc2)C(=O)[C@H](CCC(=O)N2CCCCC2)N1)c1ccc2ccccc2c1. The largest absolute Gasteiger partial charge is 0.350 e. The fourth-order valence-corrected chi connectivity index (χ4v) is 6.84. The molecule has 238 valence electrons. The minimum absolute atomic E-state index is 0.0196. The molecule has 2 aliphatic heterocycles. The molecule has 0 aliphatic carbocycles. The summed E-state index contributed by atoms with van der Waals surface area (Å²) >= 11 is 0. The molecule has 2 fully saturated rings. The molecule has 7 heteroatoms. The maximum Gasteiger partial charge on any atom is 0.251 e. The van der Waals surface area contributed by atoms with Gasteiger partial charge in [0.1, 0.15) is 0 Å².